The lowest BCUT2D eigenvalue weighted by molar-refractivity contribution is -0.246. The van der Waals surface area contributed by atoms with Crippen LogP contribution in [-0.4, -0.2) is 43.9 Å². The van der Waals surface area contributed by atoms with E-state index in [-0.39, 0.29) is 22.3 Å². The molecular formula is C21H16F4N2O4. The summed E-state index contributed by atoms with van der Waals surface area (Å²) >= 11 is 0. The second-order valence-electron chi connectivity index (χ2n) is 7.54. The number of aliphatic carboxylic acids is 1. The molecule has 10 heteroatoms. The first-order valence-corrected chi connectivity index (χ1v) is 9.08. The zero-order chi connectivity index (χ0) is 22.8. The molecule has 2 atom stereocenters. The molecule has 4 rings (SSSR count). The van der Waals surface area contributed by atoms with Gasteiger partial charge in [0.25, 0.3) is 0 Å². The number of aliphatic hydroxyl groups is 2. The zero-order valence-corrected chi connectivity index (χ0v) is 16.0. The van der Waals surface area contributed by atoms with Crippen LogP contribution in [0.3, 0.4) is 0 Å². The first-order chi connectivity index (χ1) is 14.4. The van der Waals surface area contributed by atoms with Gasteiger partial charge in [-0.2, -0.15) is 18.3 Å². The monoisotopic (exact) mass is 436 g/mol. The van der Waals surface area contributed by atoms with Gasteiger partial charge in [0.1, 0.15) is 5.82 Å². The van der Waals surface area contributed by atoms with E-state index in [1.807, 2.05) is 0 Å². The largest absolute Gasteiger partial charge is 0.479 e. The fraction of sp³-hybridized carbons (Fsp3) is 0.238. The number of nitrogens with zero attached hydrogens (tertiary/aromatic N) is 2. The summed E-state index contributed by atoms with van der Waals surface area (Å²) in [6, 6.07) is 6.99. The second kappa shape index (κ2) is 6.63. The van der Waals surface area contributed by atoms with Crippen molar-refractivity contribution in [2.24, 2.45) is 0 Å². The Kier molecular flexibility index (Phi) is 4.49. The van der Waals surface area contributed by atoms with Crippen LogP contribution in [0.5, 0.6) is 0 Å². The lowest BCUT2D eigenvalue weighted by atomic mass is 9.89. The third-order valence-electron chi connectivity index (χ3n) is 5.66. The maximum atomic E-state index is 14.5. The molecule has 1 unspecified atom stereocenters. The van der Waals surface area contributed by atoms with Crippen LogP contribution < -0.4 is 0 Å². The zero-order valence-electron chi connectivity index (χ0n) is 16.0. The minimum Gasteiger partial charge on any atom is -0.479 e. The molecule has 6 nitrogen and oxygen atoms in total. The summed E-state index contributed by atoms with van der Waals surface area (Å²) in [6.07, 6.45) is -2.76. The molecule has 162 valence electrons. The van der Waals surface area contributed by atoms with Gasteiger partial charge in [0.05, 0.1) is 12.8 Å². The topological polar surface area (TPSA) is 95.6 Å². The first-order valence-electron chi connectivity index (χ1n) is 9.08. The van der Waals surface area contributed by atoms with E-state index in [1.54, 1.807) is 0 Å². The van der Waals surface area contributed by atoms with Gasteiger partial charge in [0, 0.05) is 22.9 Å². The number of halogens is 4. The molecule has 1 heterocycles. The molecule has 31 heavy (non-hydrogen) atoms. The van der Waals surface area contributed by atoms with Gasteiger partial charge in [-0.1, -0.05) is 24.3 Å². The van der Waals surface area contributed by atoms with Crippen molar-refractivity contribution in [3.63, 3.8) is 0 Å². The summed E-state index contributed by atoms with van der Waals surface area (Å²) < 4.78 is 57.3. The van der Waals surface area contributed by atoms with Crippen LogP contribution in [0.15, 0.2) is 48.8 Å². The molecule has 0 saturated heterocycles. The molecule has 0 radical (unpaired) electrons. The van der Waals surface area contributed by atoms with Crippen LogP contribution in [0.4, 0.5) is 17.6 Å². The summed E-state index contributed by atoms with van der Waals surface area (Å²) in [4.78, 5) is 11.6. The van der Waals surface area contributed by atoms with Crippen molar-refractivity contribution in [1.29, 1.82) is 0 Å². The summed E-state index contributed by atoms with van der Waals surface area (Å²) in [5.74, 6) is -2.40. The number of fused-ring (bicyclic) bond motifs is 3. The maximum Gasteiger partial charge on any atom is 0.425 e. The highest BCUT2D eigenvalue weighted by molar-refractivity contribution is 5.92. The van der Waals surface area contributed by atoms with Crippen molar-refractivity contribution in [3.8, 4) is 22.3 Å². The van der Waals surface area contributed by atoms with Crippen molar-refractivity contribution in [2.75, 3.05) is 6.61 Å². The van der Waals surface area contributed by atoms with Gasteiger partial charge in [-0.05, 0) is 35.7 Å². The number of hydrogen-bond donors (Lipinski definition) is 3. The number of hydrogen-bond acceptors (Lipinski definition) is 4. The fourth-order valence-corrected chi connectivity index (χ4v) is 3.85. The summed E-state index contributed by atoms with van der Waals surface area (Å²) in [5, 5.41) is 33.6. The Bertz CT molecular complexity index is 1210. The molecule has 3 N–H and O–H groups in total. The lowest BCUT2D eigenvalue weighted by Gasteiger charge is -2.28. The van der Waals surface area contributed by atoms with Crippen LogP contribution in [-0.2, 0) is 15.9 Å². The Hall–Kier alpha value is -3.24. The molecular weight excluding hydrogens is 420 g/mol. The summed E-state index contributed by atoms with van der Waals surface area (Å²) in [7, 11) is 0. The predicted octanol–water partition coefficient (Wildman–Crippen LogP) is 3.26. The van der Waals surface area contributed by atoms with E-state index in [2.05, 4.69) is 5.10 Å². The average Bonchev–Trinajstić information content (AvgIpc) is 3.30. The first kappa shape index (κ1) is 21.0. The minimum atomic E-state index is -5.12. The highest BCUT2D eigenvalue weighted by atomic mass is 19.4. The smallest absolute Gasteiger partial charge is 0.425 e. The third-order valence-corrected chi connectivity index (χ3v) is 5.66. The predicted molar refractivity (Wildman–Crippen MR) is 100 cm³/mol. The van der Waals surface area contributed by atoms with Crippen molar-refractivity contribution in [3.05, 3.63) is 65.7 Å². The molecule has 0 saturated carbocycles. The Labute approximate surface area is 173 Å². The number of alkyl halides is 3. The quantitative estimate of drug-likeness (QED) is 0.546. The van der Waals surface area contributed by atoms with E-state index in [9.17, 15) is 37.7 Å². The van der Waals surface area contributed by atoms with E-state index < -0.39 is 46.8 Å². The van der Waals surface area contributed by atoms with E-state index >= 15 is 0 Å². The SMILES string of the molecule is CC(CO)(C(=O)O)n1cc(-c2cc(F)cc3c2-c2ccccc2[C@]3(O)C(F)(F)F)cn1. The van der Waals surface area contributed by atoms with Crippen LogP contribution in [0.1, 0.15) is 18.1 Å². The molecule has 1 aliphatic carbocycles. The Morgan fingerprint density at radius 2 is 1.84 bits per heavy atom. The summed E-state index contributed by atoms with van der Waals surface area (Å²) in [5.41, 5.74) is -6.17. The van der Waals surface area contributed by atoms with E-state index in [4.69, 9.17) is 0 Å². The number of aliphatic hydroxyl groups excluding tert-OH is 1. The van der Waals surface area contributed by atoms with Crippen molar-refractivity contribution in [1.82, 2.24) is 9.78 Å². The van der Waals surface area contributed by atoms with Gasteiger partial charge in [-0.15, -0.1) is 0 Å². The number of carboxylic acid groups (broad SMARTS) is 1. The van der Waals surface area contributed by atoms with Gasteiger partial charge >= 0.3 is 12.1 Å². The van der Waals surface area contributed by atoms with Gasteiger partial charge in [0.15, 0.2) is 5.54 Å². The number of carbonyl (C=O) groups is 1. The van der Waals surface area contributed by atoms with Crippen LogP contribution in [0, 0.1) is 5.82 Å². The minimum absolute atomic E-state index is 0.000413. The average molecular weight is 436 g/mol. The van der Waals surface area contributed by atoms with Crippen LogP contribution in [0.25, 0.3) is 22.3 Å². The number of carboxylic acids is 1. The molecule has 1 aromatic heterocycles. The Balaban J connectivity index is 2.01. The van der Waals surface area contributed by atoms with Crippen molar-refractivity contribution < 1.29 is 37.7 Å². The lowest BCUT2D eigenvalue weighted by Crippen LogP contribution is -2.42. The van der Waals surface area contributed by atoms with E-state index in [0.29, 0.717) is 6.07 Å². The molecule has 2 aromatic carbocycles. The molecule has 0 aliphatic heterocycles. The van der Waals surface area contributed by atoms with Gasteiger partial charge < -0.3 is 15.3 Å². The van der Waals surface area contributed by atoms with Crippen molar-refractivity contribution >= 4 is 5.97 Å². The van der Waals surface area contributed by atoms with Gasteiger partial charge in [0.2, 0.25) is 5.60 Å². The van der Waals surface area contributed by atoms with Crippen LogP contribution >= 0.6 is 0 Å². The third kappa shape index (κ3) is 2.78. The molecule has 1 aliphatic rings. The number of aromatic nitrogens is 2. The number of benzene rings is 2. The van der Waals surface area contributed by atoms with Crippen molar-refractivity contribution in [2.45, 2.75) is 24.2 Å². The second-order valence-corrected chi connectivity index (χ2v) is 7.54. The van der Waals surface area contributed by atoms with E-state index in [0.717, 1.165) is 16.8 Å². The molecule has 3 aromatic rings. The molecule has 0 spiro atoms. The Morgan fingerprint density at radius 3 is 2.45 bits per heavy atom. The normalized spacial score (nSPS) is 19.6. The molecule has 0 fully saturated rings. The van der Waals surface area contributed by atoms with Gasteiger partial charge in [-0.3, -0.25) is 4.68 Å². The molecule has 0 amide bonds. The standard InChI is InChI=1S/C21H16F4N2O4/c1-19(10-28,18(29)30)27-9-11(8-26-27)14-6-12(22)7-16-17(14)13-4-2-3-5-15(13)20(16,31)21(23,24)25/h2-9,28,31H,10H2,1H3,(H,29,30)/t19?,20-/m1/s1. The maximum absolute atomic E-state index is 14.5. The van der Waals surface area contributed by atoms with Gasteiger partial charge in [-0.25, -0.2) is 9.18 Å². The molecule has 0 bridgehead atoms. The highest BCUT2D eigenvalue weighted by Crippen LogP contribution is 2.57. The number of rotatable bonds is 4. The highest BCUT2D eigenvalue weighted by Gasteiger charge is 2.61. The fourth-order valence-electron chi connectivity index (χ4n) is 3.85. The Morgan fingerprint density at radius 1 is 1.16 bits per heavy atom. The summed E-state index contributed by atoms with van der Waals surface area (Å²) in [6.45, 7) is 0.404. The van der Waals surface area contributed by atoms with E-state index in [1.165, 1.54) is 37.5 Å². The van der Waals surface area contributed by atoms with Crippen LogP contribution in [0.2, 0.25) is 0 Å².